The number of rotatable bonds is 7. The molecule has 0 bridgehead atoms. The zero-order valence-corrected chi connectivity index (χ0v) is 16.5. The average molecular weight is 402 g/mol. The molecule has 0 N–H and O–H groups in total. The first kappa shape index (κ1) is 19.2. The minimum Gasteiger partial charge on any atom is -0.497 e. The van der Waals surface area contributed by atoms with Crippen LogP contribution in [0.2, 0.25) is 0 Å². The van der Waals surface area contributed by atoms with E-state index in [1.54, 1.807) is 20.4 Å². The summed E-state index contributed by atoms with van der Waals surface area (Å²) in [5.74, 6) is 2.43. The third-order valence-corrected chi connectivity index (χ3v) is 5.15. The Labute approximate surface area is 167 Å². The highest BCUT2D eigenvalue weighted by atomic mass is 32.2. The van der Waals surface area contributed by atoms with Crippen molar-refractivity contribution in [1.29, 1.82) is 0 Å². The third kappa shape index (κ3) is 4.78. The van der Waals surface area contributed by atoms with Gasteiger partial charge in [-0.2, -0.15) is 10.1 Å². The molecule has 3 rings (SSSR count). The van der Waals surface area contributed by atoms with Crippen LogP contribution in [0.5, 0.6) is 17.2 Å². The van der Waals surface area contributed by atoms with Gasteiger partial charge in [-0.05, 0) is 48.0 Å². The van der Waals surface area contributed by atoms with Gasteiger partial charge in [-0.15, -0.1) is 0 Å². The Morgan fingerprint density at radius 2 is 1.89 bits per heavy atom. The molecule has 140 valence electrons. The van der Waals surface area contributed by atoms with Crippen molar-refractivity contribution in [3.63, 3.8) is 0 Å². The van der Waals surface area contributed by atoms with Crippen LogP contribution in [0.1, 0.15) is 11.1 Å². The second-order valence-electron chi connectivity index (χ2n) is 5.54. The Morgan fingerprint density at radius 3 is 2.52 bits per heavy atom. The maximum atomic E-state index is 11.7. The third-order valence-electron chi connectivity index (χ3n) is 3.81. The highest BCUT2D eigenvalue weighted by Gasteiger charge is 2.25. The van der Waals surface area contributed by atoms with E-state index in [1.807, 2.05) is 42.5 Å². The Morgan fingerprint density at radius 1 is 1.15 bits per heavy atom. The fourth-order valence-corrected chi connectivity index (χ4v) is 3.37. The molecule has 0 radical (unpaired) electrons. The zero-order chi connectivity index (χ0) is 19.2. The number of benzene rings is 2. The molecule has 0 aromatic heterocycles. The van der Waals surface area contributed by atoms with Gasteiger partial charge in [0.1, 0.15) is 23.9 Å². The van der Waals surface area contributed by atoms with E-state index in [2.05, 4.69) is 5.10 Å². The monoisotopic (exact) mass is 402 g/mol. The topological polar surface area (TPSA) is 60.4 Å². The van der Waals surface area contributed by atoms with Gasteiger partial charge >= 0.3 is 0 Å². The average Bonchev–Trinajstić information content (AvgIpc) is 3.02. The predicted molar refractivity (Wildman–Crippen MR) is 110 cm³/mol. The van der Waals surface area contributed by atoms with E-state index >= 15 is 0 Å². The number of carbonyl (C=O) groups excluding carboxylic acids is 1. The normalized spacial score (nSPS) is 14.1. The molecule has 1 saturated heterocycles. The van der Waals surface area contributed by atoms with Crippen LogP contribution in [0.3, 0.4) is 0 Å². The molecule has 0 saturated carbocycles. The number of hydrogen-bond donors (Lipinski definition) is 0. The van der Waals surface area contributed by atoms with E-state index in [9.17, 15) is 4.79 Å². The lowest BCUT2D eigenvalue weighted by molar-refractivity contribution is -0.123. The molecule has 1 amide bonds. The van der Waals surface area contributed by atoms with E-state index in [1.165, 1.54) is 16.8 Å². The van der Waals surface area contributed by atoms with Crippen molar-refractivity contribution >= 4 is 40.4 Å². The van der Waals surface area contributed by atoms with Crippen molar-refractivity contribution in [2.24, 2.45) is 5.10 Å². The Bertz CT molecular complexity index is 853. The number of methoxy groups -OCH3 is 2. The van der Waals surface area contributed by atoms with Crippen molar-refractivity contribution in [2.75, 3.05) is 20.0 Å². The lowest BCUT2D eigenvalue weighted by Gasteiger charge is -2.12. The number of amides is 1. The van der Waals surface area contributed by atoms with Crippen LogP contribution >= 0.6 is 24.0 Å². The number of hydrogen-bond acceptors (Lipinski definition) is 7. The molecule has 1 heterocycles. The first-order chi connectivity index (χ1) is 13.1. The summed E-state index contributed by atoms with van der Waals surface area (Å²) < 4.78 is 16.8. The van der Waals surface area contributed by atoms with E-state index in [0.29, 0.717) is 22.4 Å². The molecule has 2 aromatic carbocycles. The maximum absolute atomic E-state index is 11.7. The minimum absolute atomic E-state index is 0.113. The maximum Gasteiger partial charge on any atom is 0.259 e. The van der Waals surface area contributed by atoms with Gasteiger partial charge in [-0.25, -0.2) is 0 Å². The lowest BCUT2D eigenvalue weighted by atomic mass is 10.1. The molecular weight excluding hydrogens is 384 g/mol. The summed E-state index contributed by atoms with van der Waals surface area (Å²) in [7, 11) is 3.23. The van der Waals surface area contributed by atoms with Crippen molar-refractivity contribution in [3.8, 4) is 17.2 Å². The molecule has 0 unspecified atom stereocenters. The molecule has 1 fully saturated rings. The van der Waals surface area contributed by atoms with Gasteiger partial charge in [0.25, 0.3) is 5.91 Å². The Hall–Kier alpha value is -2.58. The SMILES string of the molecule is COc1ccc(OCc2cc(C=NN3C(=O)CSC3=S)ccc2OC)cc1. The number of thioether (sulfide) groups is 1. The Balaban J connectivity index is 1.72. The van der Waals surface area contributed by atoms with E-state index < -0.39 is 0 Å². The van der Waals surface area contributed by atoms with E-state index in [-0.39, 0.29) is 5.91 Å². The minimum atomic E-state index is -0.113. The number of ether oxygens (including phenoxy) is 3. The van der Waals surface area contributed by atoms with Gasteiger partial charge in [0.2, 0.25) is 0 Å². The molecule has 2 aromatic rings. The van der Waals surface area contributed by atoms with Gasteiger partial charge in [-0.3, -0.25) is 4.79 Å². The summed E-state index contributed by atoms with van der Waals surface area (Å²) in [5.41, 5.74) is 1.68. The van der Waals surface area contributed by atoms with Crippen LogP contribution < -0.4 is 14.2 Å². The number of nitrogens with zero attached hydrogens (tertiary/aromatic N) is 2. The molecule has 8 heteroatoms. The molecule has 0 atom stereocenters. The molecule has 1 aliphatic heterocycles. The Kier molecular flexibility index (Phi) is 6.31. The summed E-state index contributed by atoms with van der Waals surface area (Å²) >= 11 is 6.43. The predicted octanol–water partition coefficient (Wildman–Crippen LogP) is 3.48. The van der Waals surface area contributed by atoms with E-state index in [0.717, 1.165) is 22.6 Å². The molecule has 0 spiro atoms. The molecule has 0 aliphatic carbocycles. The van der Waals surface area contributed by atoms with Crippen LogP contribution in [0.25, 0.3) is 0 Å². The fourth-order valence-electron chi connectivity index (χ4n) is 2.41. The number of hydrazone groups is 1. The smallest absolute Gasteiger partial charge is 0.259 e. The first-order valence-corrected chi connectivity index (χ1v) is 9.47. The van der Waals surface area contributed by atoms with Gasteiger partial charge in [0.15, 0.2) is 4.32 Å². The highest BCUT2D eigenvalue weighted by Crippen LogP contribution is 2.24. The number of carbonyl (C=O) groups is 1. The summed E-state index contributed by atoms with van der Waals surface area (Å²) in [5, 5.41) is 5.44. The van der Waals surface area contributed by atoms with Gasteiger partial charge in [0, 0.05) is 5.56 Å². The highest BCUT2D eigenvalue weighted by molar-refractivity contribution is 8.23. The van der Waals surface area contributed by atoms with Gasteiger partial charge in [0.05, 0.1) is 26.2 Å². The summed E-state index contributed by atoms with van der Waals surface area (Å²) in [6.07, 6.45) is 1.60. The zero-order valence-electron chi connectivity index (χ0n) is 14.9. The quantitative estimate of drug-likeness (QED) is 0.522. The van der Waals surface area contributed by atoms with Crippen LogP contribution in [0, 0.1) is 0 Å². The van der Waals surface area contributed by atoms with Gasteiger partial charge in [-0.1, -0.05) is 24.0 Å². The van der Waals surface area contributed by atoms with Crippen LogP contribution in [-0.4, -0.2) is 41.4 Å². The summed E-state index contributed by atoms with van der Waals surface area (Å²) in [6, 6.07) is 13.0. The lowest BCUT2D eigenvalue weighted by Crippen LogP contribution is -2.22. The van der Waals surface area contributed by atoms with Crippen molar-refractivity contribution in [3.05, 3.63) is 53.6 Å². The molecule has 1 aliphatic rings. The van der Waals surface area contributed by atoms with E-state index in [4.69, 9.17) is 26.4 Å². The fraction of sp³-hybridized carbons (Fsp3) is 0.211. The molecule has 27 heavy (non-hydrogen) atoms. The summed E-state index contributed by atoms with van der Waals surface area (Å²) in [4.78, 5) is 11.7. The van der Waals surface area contributed by atoms with Crippen molar-refractivity contribution in [2.45, 2.75) is 6.61 Å². The number of thiocarbonyl (C=S) groups is 1. The molecule has 6 nitrogen and oxygen atoms in total. The first-order valence-electron chi connectivity index (χ1n) is 8.08. The van der Waals surface area contributed by atoms with Crippen LogP contribution in [0.4, 0.5) is 0 Å². The molecular formula is C19H18N2O4S2. The standard InChI is InChI=1S/C19H18N2O4S2/c1-23-15-4-6-16(7-5-15)25-11-14-9-13(3-8-17(14)24-2)10-20-21-18(22)12-27-19(21)26/h3-10H,11-12H2,1-2H3. The second kappa shape index (κ2) is 8.88. The van der Waals surface area contributed by atoms with Crippen molar-refractivity contribution in [1.82, 2.24) is 5.01 Å². The van der Waals surface area contributed by atoms with Gasteiger partial charge < -0.3 is 14.2 Å². The second-order valence-corrected chi connectivity index (χ2v) is 7.15. The van der Waals surface area contributed by atoms with Crippen LogP contribution in [-0.2, 0) is 11.4 Å². The largest absolute Gasteiger partial charge is 0.497 e. The van der Waals surface area contributed by atoms with Crippen molar-refractivity contribution < 1.29 is 19.0 Å². The van der Waals surface area contributed by atoms with Crippen LogP contribution in [0.15, 0.2) is 47.6 Å². The summed E-state index contributed by atoms with van der Waals surface area (Å²) in [6.45, 7) is 0.327.